The minimum Gasteiger partial charge on any atom is -0.326 e. The number of nitrogens with one attached hydrogen (secondary N) is 1. The molecule has 1 aromatic heterocycles. The molecular weight excluding hydrogens is 502 g/mol. The highest BCUT2D eigenvalue weighted by atomic mass is 35.5. The van der Waals surface area contributed by atoms with Crippen molar-refractivity contribution in [2.24, 2.45) is 0 Å². The number of imidazole rings is 1. The molecule has 1 saturated heterocycles. The van der Waals surface area contributed by atoms with Gasteiger partial charge in [0, 0.05) is 42.9 Å². The number of nitrogens with zero attached hydrogens (tertiary/aromatic N) is 4. The van der Waals surface area contributed by atoms with Crippen molar-refractivity contribution in [3.63, 3.8) is 0 Å². The zero-order valence-electron chi connectivity index (χ0n) is 21.4. The molecule has 0 radical (unpaired) electrons. The van der Waals surface area contributed by atoms with Crippen LogP contribution in [0.15, 0.2) is 66.7 Å². The number of nitro groups is 1. The maximum Gasteiger partial charge on any atom is 0.270 e. The second-order valence-corrected chi connectivity index (χ2v) is 10.3. The fourth-order valence-electron chi connectivity index (χ4n) is 5.39. The number of non-ortho nitro benzene ring substituents is 1. The van der Waals surface area contributed by atoms with Crippen molar-refractivity contribution in [2.45, 2.75) is 45.2 Å². The van der Waals surface area contributed by atoms with E-state index in [0.29, 0.717) is 28.9 Å². The van der Waals surface area contributed by atoms with Gasteiger partial charge < -0.3 is 9.88 Å². The molecule has 1 atom stereocenters. The van der Waals surface area contributed by atoms with E-state index >= 15 is 0 Å². The summed E-state index contributed by atoms with van der Waals surface area (Å²) in [6.45, 7) is 6.41. The third-order valence-electron chi connectivity index (χ3n) is 7.34. The molecule has 0 spiro atoms. The number of carbonyl (C=O) groups is 1. The number of anilines is 1. The Morgan fingerprint density at radius 1 is 1.13 bits per heavy atom. The largest absolute Gasteiger partial charge is 0.326 e. The Morgan fingerprint density at radius 3 is 2.61 bits per heavy atom. The lowest BCUT2D eigenvalue weighted by Crippen LogP contribution is -2.41. The Morgan fingerprint density at radius 2 is 1.89 bits per heavy atom. The van der Waals surface area contributed by atoms with Gasteiger partial charge in [0.15, 0.2) is 0 Å². The summed E-state index contributed by atoms with van der Waals surface area (Å²) in [7, 11) is 0. The van der Waals surface area contributed by atoms with Gasteiger partial charge in [-0.1, -0.05) is 35.9 Å². The minimum absolute atomic E-state index is 0.0414. The van der Waals surface area contributed by atoms with Crippen molar-refractivity contribution in [1.82, 2.24) is 14.5 Å². The molecule has 2 heterocycles. The van der Waals surface area contributed by atoms with Crippen LogP contribution in [0.1, 0.15) is 38.2 Å². The van der Waals surface area contributed by atoms with Crippen LogP contribution in [0.2, 0.25) is 5.02 Å². The number of amides is 1. The van der Waals surface area contributed by atoms with Gasteiger partial charge in [-0.3, -0.25) is 19.8 Å². The number of piperidine rings is 1. The van der Waals surface area contributed by atoms with E-state index in [2.05, 4.69) is 33.8 Å². The van der Waals surface area contributed by atoms with Crippen LogP contribution < -0.4 is 5.32 Å². The highest BCUT2D eigenvalue weighted by Crippen LogP contribution is 2.34. The summed E-state index contributed by atoms with van der Waals surface area (Å²) >= 11 is 6.51. The van der Waals surface area contributed by atoms with Gasteiger partial charge in [0.2, 0.25) is 5.91 Å². The molecule has 38 heavy (non-hydrogen) atoms. The molecule has 4 aromatic rings. The number of benzene rings is 3. The van der Waals surface area contributed by atoms with Crippen molar-refractivity contribution >= 4 is 39.9 Å². The van der Waals surface area contributed by atoms with Gasteiger partial charge in [-0.25, -0.2) is 4.98 Å². The van der Waals surface area contributed by atoms with Crippen molar-refractivity contribution in [3.8, 4) is 11.4 Å². The molecule has 1 unspecified atom stereocenters. The summed E-state index contributed by atoms with van der Waals surface area (Å²) < 4.78 is 2.18. The SMILES string of the molecule is CC(=O)Nc1cccc(C2CCN(C(C)Cn3c(-c4ccc([N+](=O)[O-])cc4Cl)nc4ccccc43)CC2)c1. The maximum absolute atomic E-state index is 11.4. The summed E-state index contributed by atoms with van der Waals surface area (Å²) in [4.78, 5) is 29.6. The second-order valence-electron chi connectivity index (χ2n) is 9.92. The summed E-state index contributed by atoms with van der Waals surface area (Å²) in [5.41, 5.74) is 4.61. The summed E-state index contributed by atoms with van der Waals surface area (Å²) in [5, 5.41) is 14.4. The topological polar surface area (TPSA) is 93.3 Å². The second kappa shape index (κ2) is 10.9. The highest BCUT2D eigenvalue weighted by molar-refractivity contribution is 6.33. The number of hydrogen-bond acceptors (Lipinski definition) is 5. The third kappa shape index (κ3) is 5.42. The summed E-state index contributed by atoms with van der Waals surface area (Å²) in [5.74, 6) is 1.10. The molecule has 1 fully saturated rings. The number of nitro benzene ring substituents is 1. The average Bonchev–Trinajstić information content (AvgIpc) is 3.26. The van der Waals surface area contributed by atoms with Crippen LogP contribution in [0.5, 0.6) is 0 Å². The summed E-state index contributed by atoms with van der Waals surface area (Å²) in [6, 6.07) is 20.9. The van der Waals surface area contributed by atoms with Gasteiger partial charge in [-0.15, -0.1) is 0 Å². The Bertz CT molecular complexity index is 1490. The predicted molar refractivity (Wildman–Crippen MR) is 151 cm³/mol. The molecule has 5 rings (SSSR count). The van der Waals surface area contributed by atoms with E-state index < -0.39 is 4.92 Å². The zero-order valence-corrected chi connectivity index (χ0v) is 22.2. The van der Waals surface area contributed by atoms with E-state index in [1.54, 1.807) is 6.07 Å². The Balaban J connectivity index is 1.34. The quantitative estimate of drug-likeness (QED) is 0.217. The predicted octanol–water partition coefficient (Wildman–Crippen LogP) is 6.49. The van der Waals surface area contributed by atoms with Crippen LogP contribution in [0.3, 0.4) is 0 Å². The maximum atomic E-state index is 11.4. The van der Waals surface area contributed by atoms with Crippen LogP contribution >= 0.6 is 11.6 Å². The third-order valence-corrected chi connectivity index (χ3v) is 7.65. The minimum atomic E-state index is -0.444. The van der Waals surface area contributed by atoms with Gasteiger partial charge in [0.05, 0.1) is 21.0 Å². The van der Waals surface area contributed by atoms with Gasteiger partial charge in [-0.2, -0.15) is 0 Å². The number of carbonyl (C=O) groups excluding carboxylic acids is 1. The van der Waals surface area contributed by atoms with Crippen LogP contribution in [-0.4, -0.2) is 44.4 Å². The van der Waals surface area contributed by atoms with Gasteiger partial charge in [0.25, 0.3) is 5.69 Å². The molecule has 1 aliphatic rings. The molecule has 1 aliphatic heterocycles. The first-order valence-electron chi connectivity index (χ1n) is 12.8. The number of likely N-dealkylation sites (tertiary alicyclic amines) is 1. The van der Waals surface area contributed by atoms with Gasteiger partial charge in [-0.05, 0) is 74.7 Å². The fraction of sp³-hybridized carbons (Fsp3) is 0.310. The van der Waals surface area contributed by atoms with Gasteiger partial charge >= 0.3 is 0 Å². The van der Waals surface area contributed by atoms with E-state index in [9.17, 15) is 14.9 Å². The molecular formula is C29H30ClN5O3. The average molecular weight is 532 g/mol. The number of aromatic nitrogens is 2. The first kappa shape index (κ1) is 25.9. The molecule has 1 N–H and O–H groups in total. The molecule has 9 heteroatoms. The van der Waals surface area contributed by atoms with Crippen LogP contribution in [-0.2, 0) is 11.3 Å². The van der Waals surface area contributed by atoms with Crippen molar-refractivity contribution in [1.29, 1.82) is 0 Å². The standard InChI is InChI=1S/C29H30ClN5O3/c1-19(33-14-12-21(13-15-33)22-6-5-7-23(16-22)31-20(2)36)18-34-28-9-4-3-8-27(28)32-29(34)25-11-10-24(35(37)38)17-26(25)30/h3-11,16-17,19,21H,12-15,18H2,1-2H3,(H,31,36). The molecule has 0 aliphatic carbocycles. The molecule has 3 aromatic carbocycles. The first-order valence-corrected chi connectivity index (χ1v) is 13.2. The van der Waals surface area contributed by atoms with E-state index in [0.717, 1.165) is 42.7 Å². The fourth-order valence-corrected chi connectivity index (χ4v) is 5.65. The van der Waals surface area contributed by atoms with Crippen LogP contribution in [0, 0.1) is 10.1 Å². The van der Waals surface area contributed by atoms with E-state index in [1.807, 2.05) is 36.4 Å². The van der Waals surface area contributed by atoms with Crippen molar-refractivity contribution in [2.75, 3.05) is 18.4 Å². The number of halogens is 1. The molecule has 196 valence electrons. The Hall–Kier alpha value is -3.75. The van der Waals surface area contributed by atoms with E-state index in [4.69, 9.17) is 16.6 Å². The lowest BCUT2D eigenvalue weighted by molar-refractivity contribution is -0.384. The van der Waals surface area contributed by atoms with Crippen LogP contribution in [0.25, 0.3) is 22.4 Å². The number of para-hydroxylation sites is 2. The molecule has 1 amide bonds. The summed E-state index contributed by atoms with van der Waals surface area (Å²) in [6.07, 6.45) is 2.08. The zero-order chi connectivity index (χ0) is 26.8. The highest BCUT2D eigenvalue weighted by Gasteiger charge is 2.26. The number of fused-ring (bicyclic) bond motifs is 1. The molecule has 8 nitrogen and oxygen atoms in total. The lowest BCUT2D eigenvalue weighted by Gasteiger charge is -2.36. The van der Waals surface area contributed by atoms with E-state index in [1.165, 1.54) is 24.6 Å². The Kier molecular flexibility index (Phi) is 7.44. The molecule has 0 bridgehead atoms. The van der Waals surface area contributed by atoms with Crippen LogP contribution in [0.4, 0.5) is 11.4 Å². The smallest absolute Gasteiger partial charge is 0.270 e. The first-order chi connectivity index (χ1) is 18.3. The molecule has 0 saturated carbocycles. The number of hydrogen-bond donors (Lipinski definition) is 1. The van der Waals surface area contributed by atoms with Crippen molar-refractivity contribution in [3.05, 3.63) is 87.4 Å². The van der Waals surface area contributed by atoms with Gasteiger partial charge in [0.1, 0.15) is 5.82 Å². The van der Waals surface area contributed by atoms with Crippen molar-refractivity contribution < 1.29 is 9.72 Å². The van der Waals surface area contributed by atoms with E-state index in [-0.39, 0.29) is 17.6 Å². The Labute approximate surface area is 226 Å². The normalized spacial score (nSPS) is 15.4. The monoisotopic (exact) mass is 531 g/mol. The lowest BCUT2D eigenvalue weighted by atomic mass is 9.88. The number of rotatable bonds is 7.